The predicted molar refractivity (Wildman–Crippen MR) is 75.1 cm³/mol. The first-order valence-electron chi connectivity index (χ1n) is 6.90. The lowest BCUT2D eigenvalue weighted by Crippen LogP contribution is -2.29. The van der Waals surface area contributed by atoms with Crippen molar-refractivity contribution in [1.82, 2.24) is 10.2 Å². The lowest BCUT2D eigenvalue weighted by atomic mass is 10.1. The molecule has 1 aliphatic heterocycles. The number of benzene rings is 1. The van der Waals surface area contributed by atoms with Gasteiger partial charge in [-0.2, -0.15) is 0 Å². The highest BCUT2D eigenvalue weighted by molar-refractivity contribution is 5.81. The second-order valence-corrected chi connectivity index (χ2v) is 4.96. The van der Waals surface area contributed by atoms with E-state index in [0.29, 0.717) is 12.1 Å². The minimum atomic E-state index is -0.399. The highest BCUT2D eigenvalue weighted by Gasteiger charge is 2.34. The zero-order valence-corrected chi connectivity index (χ0v) is 11.5. The summed E-state index contributed by atoms with van der Waals surface area (Å²) in [6, 6.07) is 6.59. The molecular formula is C14H19N3O3. The van der Waals surface area contributed by atoms with Gasteiger partial charge in [-0.3, -0.25) is 19.8 Å². The maximum Gasteiger partial charge on any atom is 0.276 e. The molecule has 1 aromatic rings. The van der Waals surface area contributed by atoms with E-state index in [1.807, 2.05) is 4.90 Å². The number of nitro groups is 1. The lowest BCUT2D eigenvalue weighted by Gasteiger charge is -2.23. The van der Waals surface area contributed by atoms with Gasteiger partial charge in [0.1, 0.15) is 6.17 Å². The van der Waals surface area contributed by atoms with Crippen LogP contribution in [0.1, 0.15) is 37.9 Å². The minimum Gasteiger partial charge on any atom is -0.335 e. The van der Waals surface area contributed by atoms with Gasteiger partial charge in [0, 0.05) is 12.6 Å². The number of nitrogens with one attached hydrogen (secondary N) is 1. The first-order valence-corrected chi connectivity index (χ1v) is 6.90. The summed E-state index contributed by atoms with van der Waals surface area (Å²) in [6.07, 6.45) is 2.79. The Labute approximate surface area is 117 Å². The first kappa shape index (κ1) is 14.5. The summed E-state index contributed by atoms with van der Waals surface area (Å²) in [5.74, 6) is -0.0790. The minimum absolute atomic E-state index is 0.0557. The molecule has 0 spiro atoms. The number of para-hydroxylation sites is 1. The molecule has 0 saturated carbocycles. The number of carbonyl (C=O) groups is 1. The second kappa shape index (κ2) is 6.47. The van der Waals surface area contributed by atoms with Crippen LogP contribution >= 0.6 is 0 Å². The molecule has 1 aliphatic rings. The molecule has 1 atom stereocenters. The molecule has 0 bridgehead atoms. The molecule has 6 heteroatoms. The largest absolute Gasteiger partial charge is 0.335 e. The van der Waals surface area contributed by atoms with Gasteiger partial charge in [0.2, 0.25) is 5.91 Å². The Morgan fingerprint density at radius 3 is 2.85 bits per heavy atom. The van der Waals surface area contributed by atoms with E-state index in [2.05, 4.69) is 12.2 Å². The van der Waals surface area contributed by atoms with Crippen LogP contribution in [0.3, 0.4) is 0 Å². The Morgan fingerprint density at radius 2 is 2.15 bits per heavy atom. The number of nitro benzene ring substituents is 1. The molecule has 1 saturated heterocycles. The molecule has 108 valence electrons. The molecule has 1 fully saturated rings. The summed E-state index contributed by atoms with van der Waals surface area (Å²) in [4.78, 5) is 24.3. The van der Waals surface area contributed by atoms with Crippen molar-refractivity contribution in [1.29, 1.82) is 0 Å². The van der Waals surface area contributed by atoms with Crippen LogP contribution in [0.4, 0.5) is 5.69 Å². The monoisotopic (exact) mass is 277 g/mol. The summed E-state index contributed by atoms with van der Waals surface area (Å²) >= 11 is 0. The van der Waals surface area contributed by atoms with Gasteiger partial charge < -0.3 is 5.32 Å². The summed E-state index contributed by atoms with van der Waals surface area (Å²) < 4.78 is 0. The van der Waals surface area contributed by atoms with E-state index >= 15 is 0 Å². The summed E-state index contributed by atoms with van der Waals surface area (Å²) in [6.45, 7) is 3.19. The number of hydrogen-bond donors (Lipinski definition) is 1. The smallest absolute Gasteiger partial charge is 0.276 e. The summed E-state index contributed by atoms with van der Waals surface area (Å²) in [5, 5.41) is 13.9. The van der Waals surface area contributed by atoms with Crippen LogP contribution in [-0.4, -0.2) is 28.8 Å². The van der Waals surface area contributed by atoms with Gasteiger partial charge in [-0.15, -0.1) is 0 Å². The Kier molecular flexibility index (Phi) is 4.68. The maximum absolute atomic E-state index is 11.6. The SMILES string of the molecule is CCCCCN1CC(=O)N[C@H]1c1ccccc1[N+](=O)[O-]. The topological polar surface area (TPSA) is 75.5 Å². The molecule has 1 heterocycles. The number of carbonyl (C=O) groups excluding carboxylic acids is 1. The predicted octanol–water partition coefficient (Wildman–Crippen LogP) is 2.22. The number of unbranched alkanes of at least 4 members (excludes halogenated alkanes) is 2. The fraction of sp³-hybridized carbons (Fsp3) is 0.500. The Balaban J connectivity index is 2.20. The third-order valence-corrected chi connectivity index (χ3v) is 3.49. The number of hydrogen-bond acceptors (Lipinski definition) is 4. The molecule has 6 nitrogen and oxygen atoms in total. The zero-order valence-electron chi connectivity index (χ0n) is 11.5. The van der Waals surface area contributed by atoms with Crippen molar-refractivity contribution in [3.05, 3.63) is 39.9 Å². The van der Waals surface area contributed by atoms with Crippen molar-refractivity contribution in [2.45, 2.75) is 32.4 Å². The summed E-state index contributed by atoms with van der Waals surface area (Å²) in [7, 11) is 0. The van der Waals surface area contributed by atoms with E-state index in [1.54, 1.807) is 18.2 Å². The molecular weight excluding hydrogens is 258 g/mol. The van der Waals surface area contributed by atoms with Crippen molar-refractivity contribution in [2.24, 2.45) is 0 Å². The van der Waals surface area contributed by atoms with Crippen molar-refractivity contribution in [3.63, 3.8) is 0 Å². The highest BCUT2D eigenvalue weighted by atomic mass is 16.6. The van der Waals surface area contributed by atoms with Gasteiger partial charge in [-0.05, 0) is 12.5 Å². The molecule has 2 rings (SSSR count). The second-order valence-electron chi connectivity index (χ2n) is 4.96. The van der Waals surface area contributed by atoms with Crippen molar-refractivity contribution in [2.75, 3.05) is 13.1 Å². The van der Waals surface area contributed by atoms with Crippen LogP contribution < -0.4 is 5.32 Å². The van der Waals surface area contributed by atoms with Gasteiger partial charge in [0.25, 0.3) is 5.69 Å². The van der Waals surface area contributed by atoms with Crippen LogP contribution in [0.2, 0.25) is 0 Å². The van der Waals surface area contributed by atoms with E-state index in [1.165, 1.54) is 6.07 Å². The van der Waals surface area contributed by atoms with Crippen molar-refractivity contribution >= 4 is 11.6 Å². The summed E-state index contributed by atoms with van der Waals surface area (Å²) in [5.41, 5.74) is 0.611. The van der Waals surface area contributed by atoms with Crippen LogP contribution in [0.25, 0.3) is 0 Å². The maximum atomic E-state index is 11.6. The molecule has 20 heavy (non-hydrogen) atoms. The Hall–Kier alpha value is -1.95. The van der Waals surface area contributed by atoms with Crippen LogP contribution in [-0.2, 0) is 4.79 Å². The molecule has 1 N–H and O–H groups in total. The van der Waals surface area contributed by atoms with E-state index < -0.39 is 4.92 Å². The first-order chi connectivity index (χ1) is 9.63. The standard InChI is InChI=1S/C14H19N3O3/c1-2-3-6-9-16-10-13(18)15-14(16)11-7-4-5-8-12(11)17(19)20/h4-5,7-8,14H,2-3,6,9-10H2,1H3,(H,15,18)/t14-/m1/s1. The van der Waals surface area contributed by atoms with E-state index in [4.69, 9.17) is 0 Å². The average molecular weight is 277 g/mol. The normalized spacial score (nSPS) is 19.1. The third kappa shape index (κ3) is 3.14. The van der Waals surface area contributed by atoms with Crippen molar-refractivity contribution < 1.29 is 9.72 Å². The van der Waals surface area contributed by atoms with E-state index in [0.717, 1.165) is 25.8 Å². The van der Waals surface area contributed by atoms with Crippen molar-refractivity contribution in [3.8, 4) is 0 Å². The van der Waals surface area contributed by atoms with Crippen LogP contribution in [0.5, 0.6) is 0 Å². The molecule has 0 aromatic heterocycles. The number of nitrogens with zero attached hydrogens (tertiary/aromatic N) is 2. The fourth-order valence-electron chi connectivity index (χ4n) is 2.50. The van der Waals surface area contributed by atoms with Gasteiger partial charge in [0.15, 0.2) is 0 Å². The molecule has 1 amide bonds. The number of rotatable bonds is 6. The van der Waals surface area contributed by atoms with Gasteiger partial charge >= 0.3 is 0 Å². The number of amides is 1. The Morgan fingerprint density at radius 1 is 1.40 bits per heavy atom. The zero-order chi connectivity index (χ0) is 14.5. The quantitative estimate of drug-likeness (QED) is 0.491. The van der Waals surface area contributed by atoms with Crippen LogP contribution in [0.15, 0.2) is 24.3 Å². The fourth-order valence-corrected chi connectivity index (χ4v) is 2.50. The molecule has 1 aromatic carbocycles. The molecule has 0 radical (unpaired) electrons. The van der Waals surface area contributed by atoms with E-state index in [9.17, 15) is 14.9 Å². The highest BCUT2D eigenvalue weighted by Crippen LogP contribution is 2.29. The van der Waals surface area contributed by atoms with Gasteiger partial charge in [-0.25, -0.2) is 0 Å². The molecule has 0 aliphatic carbocycles. The Bertz CT molecular complexity index is 504. The molecule has 0 unspecified atom stereocenters. The van der Waals surface area contributed by atoms with Gasteiger partial charge in [0.05, 0.1) is 17.0 Å². The van der Waals surface area contributed by atoms with Crippen LogP contribution in [0, 0.1) is 10.1 Å². The lowest BCUT2D eigenvalue weighted by molar-refractivity contribution is -0.386. The van der Waals surface area contributed by atoms with Gasteiger partial charge in [-0.1, -0.05) is 31.9 Å². The third-order valence-electron chi connectivity index (χ3n) is 3.49. The van der Waals surface area contributed by atoms with E-state index in [-0.39, 0.29) is 17.8 Å². The average Bonchev–Trinajstić information content (AvgIpc) is 2.80.